The topological polar surface area (TPSA) is 61.8 Å². The van der Waals surface area contributed by atoms with E-state index in [1.165, 1.54) is 5.56 Å². The number of carbonyl (C=O) groups is 1. The first-order chi connectivity index (χ1) is 11.8. The molecular weight excluding hydrogens is 316 g/mol. The van der Waals surface area contributed by atoms with Crippen LogP contribution in [0.5, 0.6) is 5.75 Å². The van der Waals surface area contributed by atoms with Crippen LogP contribution in [0, 0.1) is 6.92 Å². The van der Waals surface area contributed by atoms with Crippen LogP contribution in [0.1, 0.15) is 57.6 Å². The third-order valence-corrected chi connectivity index (χ3v) is 4.74. The monoisotopic (exact) mass is 348 g/mol. The summed E-state index contributed by atoms with van der Waals surface area (Å²) < 4.78 is 5.87. The Hall–Kier alpha value is -1.75. The van der Waals surface area contributed by atoms with E-state index in [1.54, 1.807) is 0 Å². The van der Waals surface area contributed by atoms with E-state index < -0.39 is 0 Å². The number of amides is 2. The largest absolute Gasteiger partial charge is 0.473 e. The summed E-state index contributed by atoms with van der Waals surface area (Å²) in [5, 5.41) is 12.1. The van der Waals surface area contributed by atoms with E-state index in [0.29, 0.717) is 6.42 Å². The van der Waals surface area contributed by atoms with Gasteiger partial charge >= 0.3 is 6.03 Å². The van der Waals surface area contributed by atoms with Gasteiger partial charge in [-0.2, -0.15) is 0 Å². The number of ether oxygens (including phenoxy) is 1. The van der Waals surface area contributed by atoms with Gasteiger partial charge in [0.1, 0.15) is 5.75 Å². The van der Waals surface area contributed by atoms with Gasteiger partial charge in [0.2, 0.25) is 0 Å². The molecule has 2 amide bonds. The van der Waals surface area contributed by atoms with Gasteiger partial charge in [0.05, 0.1) is 0 Å². The number of aliphatic hydroxyl groups excluding tert-OH is 1. The molecule has 1 atom stereocenters. The summed E-state index contributed by atoms with van der Waals surface area (Å²) in [5.74, 6) is 0.809. The zero-order valence-corrected chi connectivity index (χ0v) is 16.0. The maximum atomic E-state index is 12.5. The van der Waals surface area contributed by atoms with Crippen LogP contribution < -0.4 is 10.1 Å². The number of likely N-dealkylation sites (tertiary alicyclic amines) is 1. The number of aryl methyl sites for hydroxylation is 1. The van der Waals surface area contributed by atoms with Gasteiger partial charge in [-0.1, -0.05) is 38.5 Å². The number of carbonyl (C=O) groups excluding carboxylic acids is 1. The van der Waals surface area contributed by atoms with Gasteiger partial charge in [-0.3, -0.25) is 0 Å². The Morgan fingerprint density at radius 2 is 2.12 bits per heavy atom. The molecule has 1 aliphatic rings. The van der Waals surface area contributed by atoms with Crippen LogP contribution in [-0.2, 0) is 5.41 Å². The molecule has 1 aromatic carbocycles. The number of urea groups is 1. The number of hydrogen-bond donors (Lipinski definition) is 2. The van der Waals surface area contributed by atoms with Crippen molar-refractivity contribution in [2.45, 2.75) is 64.8 Å². The number of piperidine rings is 1. The van der Waals surface area contributed by atoms with Gasteiger partial charge in [0.15, 0.2) is 6.73 Å². The number of hydrogen-bond acceptors (Lipinski definition) is 3. The zero-order chi connectivity index (χ0) is 18.4. The molecule has 0 aromatic heterocycles. The van der Waals surface area contributed by atoms with Crippen molar-refractivity contribution >= 4 is 6.03 Å². The fraction of sp³-hybridized carbons (Fsp3) is 0.650. The molecule has 1 heterocycles. The molecule has 1 fully saturated rings. The molecule has 2 rings (SSSR count). The highest BCUT2D eigenvalue weighted by Gasteiger charge is 2.26. The Balaban J connectivity index is 1.95. The summed E-state index contributed by atoms with van der Waals surface area (Å²) >= 11 is 0. The number of benzene rings is 1. The molecule has 140 valence electrons. The molecule has 1 aliphatic heterocycles. The molecule has 0 spiro atoms. The second kappa shape index (κ2) is 8.56. The van der Waals surface area contributed by atoms with Gasteiger partial charge < -0.3 is 20.1 Å². The molecule has 0 bridgehead atoms. The molecule has 0 radical (unpaired) electrons. The zero-order valence-electron chi connectivity index (χ0n) is 16.0. The summed E-state index contributed by atoms with van der Waals surface area (Å²) in [5.41, 5.74) is 2.31. The lowest BCUT2D eigenvalue weighted by atomic mass is 9.85. The van der Waals surface area contributed by atoms with Gasteiger partial charge in [0.25, 0.3) is 0 Å². The summed E-state index contributed by atoms with van der Waals surface area (Å²) in [6.45, 7) is 9.53. The van der Waals surface area contributed by atoms with Crippen LogP contribution in [0.15, 0.2) is 18.2 Å². The molecule has 1 aromatic rings. The van der Waals surface area contributed by atoms with Crippen molar-refractivity contribution in [3.63, 3.8) is 0 Å². The lowest BCUT2D eigenvalue weighted by molar-refractivity contribution is 0.126. The third-order valence-electron chi connectivity index (χ3n) is 4.74. The normalized spacial score (nSPS) is 18.1. The van der Waals surface area contributed by atoms with E-state index in [0.717, 1.165) is 37.1 Å². The third kappa shape index (κ3) is 5.36. The molecule has 2 N–H and O–H groups in total. The highest BCUT2D eigenvalue weighted by molar-refractivity contribution is 5.74. The number of nitrogens with one attached hydrogen (secondary N) is 1. The minimum absolute atomic E-state index is 0.0234. The van der Waals surface area contributed by atoms with Crippen molar-refractivity contribution in [3.05, 3.63) is 29.3 Å². The lowest BCUT2D eigenvalue weighted by Crippen LogP contribution is -2.49. The second-order valence-electron chi connectivity index (χ2n) is 7.88. The maximum absolute atomic E-state index is 12.5. The van der Waals surface area contributed by atoms with Crippen molar-refractivity contribution in [3.8, 4) is 5.75 Å². The van der Waals surface area contributed by atoms with Crippen molar-refractivity contribution < 1.29 is 14.6 Å². The van der Waals surface area contributed by atoms with E-state index in [2.05, 4.69) is 39.1 Å². The fourth-order valence-electron chi connectivity index (χ4n) is 3.35. The molecule has 0 aliphatic carbocycles. The first kappa shape index (κ1) is 19.6. The van der Waals surface area contributed by atoms with E-state index in [1.807, 2.05) is 17.0 Å². The Bertz CT molecular complexity index is 579. The predicted molar refractivity (Wildman–Crippen MR) is 100.0 cm³/mol. The Morgan fingerprint density at radius 3 is 2.80 bits per heavy atom. The Labute approximate surface area is 151 Å². The van der Waals surface area contributed by atoms with Crippen LogP contribution >= 0.6 is 0 Å². The smallest absolute Gasteiger partial charge is 0.320 e. The number of nitrogens with zero attached hydrogens (tertiary/aromatic N) is 1. The van der Waals surface area contributed by atoms with E-state index >= 15 is 0 Å². The van der Waals surface area contributed by atoms with Crippen molar-refractivity contribution in [2.75, 3.05) is 19.9 Å². The van der Waals surface area contributed by atoms with Crippen LogP contribution in [0.25, 0.3) is 0 Å². The standard InChI is InChI=1S/C20H32N2O3/c1-15-8-9-18(17(13-15)20(2,3)4)25-14-21-19(24)22-11-6-5-7-16(22)10-12-23/h8-9,13,16,23H,5-7,10-12,14H2,1-4H3,(H,21,24). The van der Waals surface area contributed by atoms with Crippen LogP contribution in [0.4, 0.5) is 4.79 Å². The highest BCUT2D eigenvalue weighted by atomic mass is 16.5. The molecule has 0 saturated carbocycles. The summed E-state index contributed by atoms with van der Waals surface area (Å²) in [4.78, 5) is 14.3. The minimum Gasteiger partial charge on any atom is -0.473 e. The van der Waals surface area contributed by atoms with Crippen LogP contribution in [0.3, 0.4) is 0 Å². The number of rotatable bonds is 5. The number of aliphatic hydroxyl groups is 1. The van der Waals surface area contributed by atoms with Gasteiger partial charge in [-0.15, -0.1) is 0 Å². The van der Waals surface area contributed by atoms with Crippen molar-refractivity contribution in [1.29, 1.82) is 0 Å². The molecule has 5 heteroatoms. The SMILES string of the molecule is Cc1ccc(OCNC(=O)N2CCCCC2CCO)c(C(C)(C)C)c1. The first-order valence-electron chi connectivity index (χ1n) is 9.22. The fourth-order valence-corrected chi connectivity index (χ4v) is 3.35. The predicted octanol–water partition coefficient (Wildman–Crippen LogP) is 3.58. The first-order valence-corrected chi connectivity index (χ1v) is 9.22. The van der Waals surface area contributed by atoms with Gasteiger partial charge in [-0.25, -0.2) is 4.79 Å². The molecule has 1 saturated heterocycles. The van der Waals surface area contributed by atoms with Crippen LogP contribution in [0.2, 0.25) is 0 Å². The molecule has 5 nitrogen and oxygen atoms in total. The van der Waals surface area contributed by atoms with E-state index in [4.69, 9.17) is 4.74 Å². The average molecular weight is 348 g/mol. The minimum atomic E-state index is -0.109. The van der Waals surface area contributed by atoms with Gasteiger partial charge in [0, 0.05) is 19.2 Å². The molecular formula is C20H32N2O3. The average Bonchev–Trinajstić information content (AvgIpc) is 2.56. The van der Waals surface area contributed by atoms with Crippen LogP contribution in [-0.4, -0.2) is 42.0 Å². The van der Waals surface area contributed by atoms with Gasteiger partial charge in [-0.05, 0) is 49.7 Å². The van der Waals surface area contributed by atoms with Crippen molar-refractivity contribution in [1.82, 2.24) is 10.2 Å². The van der Waals surface area contributed by atoms with E-state index in [-0.39, 0.29) is 30.8 Å². The highest BCUT2D eigenvalue weighted by Crippen LogP contribution is 2.32. The quantitative estimate of drug-likeness (QED) is 0.800. The Kier molecular flexibility index (Phi) is 6.71. The van der Waals surface area contributed by atoms with Crippen molar-refractivity contribution in [2.24, 2.45) is 0 Å². The maximum Gasteiger partial charge on any atom is 0.320 e. The molecule has 25 heavy (non-hydrogen) atoms. The summed E-state index contributed by atoms with van der Waals surface area (Å²) in [6, 6.07) is 6.15. The Morgan fingerprint density at radius 1 is 1.36 bits per heavy atom. The summed E-state index contributed by atoms with van der Waals surface area (Å²) in [7, 11) is 0. The lowest BCUT2D eigenvalue weighted by Gasteiger charge is -2.35. The second-order valence-corrected chi connectivity index (χ2v) is 7.88. The molecule has 1 unspecified atom stereocenters. The van der Waals surface area contributed by atoms with E-state index in [9.17, 15) is 9.90 Å². The summed E-state index contributed by atoms with van der Waals surface area (Å²) in [6.07, 6.45) is 3.73.